The quantitative estimate of drug-likeness (QED) is 0.591. The van der Waals surface area contributed by atoms with Crippen molar-refractivity contribution in [1.82, 2.24) is 0 Å². The second-order valence-corrected chi connectivity index (χ2v) is 4.33. The molecule has 3 nitrogen and oxygen atoms in total. The minimum absolute atomic E-state index is 0.0584. The molecule has 0 spiro atoms. The third-order valence-electron chi connectivity index (χ3n) is 2.95. The van der Waals surface area contributed by atoms with Crippen LogP contribution in [0.4, 0.5) is 0 Å². The fourth-order valence-electron chi connectivity index (χ4n) is 1.66. The lowest BCUT2D eigenvalue weighted by atomic mass is 10.1. The van der Waals surface area contributed by atoms with Gasteiger partial charge < -0.3 is 4.74 Å². The summed E-state index contributed by atoms with van der Waals surface area (Å²) in [6, 6.07) is 10.1. The zero-order chi connectivity index (χ0) is 13.5. The summed E-state index contributed by atoms with van der Waals surface area (Å²) < 4.78 is 4.99. The molecule has 0 aromatic heterocycles. The molecule has 0 aliphatic rings. The van der Waals surface area contributed by atoms with E-state index < -0.39 is 0 Å². The number of rotatable bonds is 5. The summed E-state index contributed by atoms with van der Waals surface area (Å²) in [6.07, 6.45) is 0. The van der Waals surface area contributed by atoms with Crippen LogP contribution in [0.25, 0.3) is 0 Å². The predicted molar refractivity (Wildman–Crippen MR) is 73.8 cm³/mol. The van der Waals surface area contributed by atoms with Crippen LogP contribution in [-0.4, -0.2) is 18.3 Å². The Bertz CT molecular complexity index is 412. The van der Waals surface area contributed by atoms with Gasteiger partial charge in [0.15, 0.2) is 0 Å². The van der Waals surface area contributed by atoms with E-state index in [2.05, 4.69) is 4.99 Å². The fraction of sp³-hybridized carbons (Fsp3) is 0.467. The molecule has 1 rings (SSSR count). The zero-order valence-electron chi connectivity index (χ0n) is 11.5. The smallest absolute Gasteiger partial charge is 0.314 e. The van der Waals surface area contributed by atoms with Crippen LogP contribution in [0.2, 0.25) is 0 Å². The van der Waals surface area contributed by atoms with Crippen molar-refractivity contribution >= 4 is 11.7 Å². The van der Waals surface area contributed by atoms with E-state index in [1.165, 1.54) is 0 Å². The van der Waals surface area contributed by atoms with Crippen molar-refractivity contribution < 1.29 is 9.53 Å². The number of benzene rings is 1. The number of ether oxygens (including phenoxy) is 1. The van der Waals surface area contributed by atoms with Crippen LogP contribution in [-0.2, 0) is 9.53 Å². The molecule has 0 bridgehead atoms. The molecule has 0 heterocycles. The summed E-state index contributed by atoms with van der Waals surface area (Å²) in [5, 5.41) is 0. The van der Waals surface area contributed by atoms with E-state index >= 15 is 0 Å². The van der Waals surface area contributed by atoms with Gasteiger partial charge in [-0.25, -0.2) is 0 Å². The zero-order valence-corrected chi connectivity index (χ0v) is 11.5. The Balaban J connectivity index is 2.74. The summed E-state index contributed by atoms with van der Waals surface area (Å²) in [5.41, 5.74) is 1.96. The van der Waals surface area contributed by atoms with Crippen molar-refractivity contribution in [3.05, 3.63) is 35.9 Å². The highest BCUT2D eigenvalue weighted by Gasteiger charge is 2.17. The molecule has 0 aliphatic carbocycles. The van der Waals surface area contributed by atoms with Crippen LogP contribution in [0.1, 0.15) is 39.3 Å². The Morgan fingerprint density at radius 2 is 1.89 bits per heavy atom. The Hall–Kier alpha value is -1.64. The SMILES string of the molecule is CCOC(=O)[C@H](C)C(C)=N[C@H](C)c1ccccc1. The first-order valence-corrected chi connectivity index (χ1v) is 6.32. The molecule has 1 aromatic rings. The van der Waals surface area contributed by atoms with Crippen molar-refractivity contribution in [2.45, 2.75) is 33.7 Å². The fourth-order valence-corrected chi connectivity index (χ4v) is 1.66. The molecule has 18 heavy (non-hydrogen) atoms. The molecule has 98 valence electrons. The van der Waals surface area contributed by atoms with Crippen molar-refractivity contribution in [1.29, 1.82) is 0 Å². The van der Waals surface area contributed by atoms with E-state index in [4.69, 9.17) is 4.74 Å². The van der Waals surface area contributed by atoms with Crippen LogP contribution in [0.15, 0.2) is 35.3 Å². The van der Waals surface area contributed by atoms with E-state index in [-0.39, 0.29) is 17.9 Å². The number of aliphatic imine (C=N–C) groups is 1. The molecular weight excluding hydrogens is 226 g/mol. The van der Waals surface area contributed by atoms with Crippen LogP contribution >= 0.6 is 0 Å². The summed E-state index contributed by atoms with van der Waals surface area (Å²) in [4.78, 5) is 16.2. The van der Waals surface area contributed by atoms with E-state index in [0.717, 1.165) is 11.3 Å². The largest absolute Gasteiger partial charge is 0.465 e. The van der Waals surface area contributed by atoms with Gasteiger partial charge in [0, 0.05) is 5.71 Å². The van der Waals surface area contributed by atoms with Gasteiger partial charge >= 0.3 is 5.97 Å². The summed E-state index contributed by atoms with van der Waals surface area (Å²) >= 11 is 0. The molecule has 1 aromatic carbocycles. The number of hydrogen-bond acceptors (Lipinski definition) is 3. The van der Waals surface area contributed by atoms with Gasteiger partial charge in [0.2, 0.25) is 0 Å². The maximum absolute atomic E-state index is 11.6. The highest BCUT2D eigenvalue weighted by atomic mass is 16.5. The van der Waals surface area contributed by atoms with Crippen LogP contribution in [0.3, 0.4) is 0 Å². The predicted octanol–water partition coefficient (Wildman–Crippen LogP) is 3.41. The second-order valence-electron chi connectivity index (χ2n) is 4.33. The van der Waals surface area contributed by atoms with E-state index in [1.54, 1.807) is 0 Å². The van der Waals surface area contributed by atoms with Gasteiger partial charge in [-0.05, 0) is 33.3 Å². The minimum atomic E-state index is -0.281. The molecule has 0 unspecified atom stereocenters. The highest BCUT2D eigenvalue weighted by Crippen LogP contribution is 2.17. The average molecular weight is 247 g/mol. The summed E-state index contributed by atoms with van der Waals surface area (Å²) in [5.74, 6) is -0.491. The Morgan fingerprint density at radius 3 is 2.44 bits per heavy atom. The number of carbonyl (C=O) groups is 1. The van der Waals surface area contributed by atoms with Gasteiger partial charge in [-0.15, -0.1) is 0 Å². The van der Waals surface area contributed by atoms with Crippen LogP contribution in [0.5, 0.6) is 0 Å². The van der Waals surface area contributed by atoms with Gasteiger partial charge in [0.25, 0.3) is 0 Å². The van der Waals surface area contributed by atoms with Gasteiger partial charge in [-0.2, -0.15) is 0 Å². The number of nitrogens with zero attached hydrogens (tertiary/aromatic N) is 1. The molecule has 0 radical (unpaired) electrons. The van der Waals surface area contributed by atoms with Crippen molar-refractivity contribution in [2.75, 3.05) is 6.61 Å². The van der Waals surface area contributed by atoms with E-state index in [0.29, 0.717) is 6.61 Å². The minimum Gasteiger partial charge on any atom is -0.465 e. The maximum atomic E-state index is 11.6. The van der Waals surface area contributed by atoms with Crippen molar-refractivity contribution in [3.8, 4) is 0 Å². The standard InChI is InChI=1S/C15H21NO2/c1-5-18-15(17)11(2)12(3)16-13(4)14-9-7-6-8-10-14/h6-11,13H,5H2,1-4H3/t11-,13-/m1/s1. The van der Waals surface area contributed by atoms with E-state index in [1.807, 2.05) is 58.0 Å². The molecular formula is C15H21NO2. The lowest BCUT2D eigenvalue weighted by molar-refractivity contribution is -0.145. The summed E-state index contributed by atoms with van der Waals surface area (Å²) in [7, 11) is 0. The monoisotopic (exact) mass is 247 g/mol. The van der Waals surface area contributed by atoms with Crippen molar-refractivity contribution in [3.63, 3.8) is 0 Å². The molecule has 0 fully saturated rings. The molecule has 2 atom stereocenters. The topological polar surface area (TPSA) is 38.7 Å². The third kappa shape index (κ3) is 3.99. The maximum Gasteiger partial charge on any atom is 0.314 e. The van der Waals surface area contributed by atoms with E-state index in [9.17, 15) is 4.79 Å². The highest BCUT2D eigenvalue weighted by molar-refractivity contribution is 6.00. The first-order valence-electron chi connectivity index (χ1n) is 6.32. The lowest BCUT2D eigenvalue weighted by Crippen LogP contribution is -2.21. The molecule has 3 heteroatoms. The van der Waals surface area contributed by atoms with Gasteiger partial charge in [0.1, 0.15) is 0 Å². The Morgan fingerprint density at radius 1 is 1.28 bits per heavy atom. The molecule has 0 N–H and O–H groups in total. The number of hydrogen-bond donors (Lipinski definition) is 0. The van der Waals surface area contributed by atoms with Crippen molar-refractivity contribution in [2.24, 2.45) is 10.9 Å². The van der Waals surface area contributed by atoms with Gasteiger partial charge in [0.05, 0.1) is 18.6 Å². The second kappa shape index (κ2) is 6.94. The molecule has 0 amide bonds. The first kappa shape index (κ1) is 14.4. The summed E-state index contributed by atoms with van der Waals surface area (Å²) in [6.45, 7) is 7.95. The van der Waals surface area contributed by atoms with Crippen LogP contribution < -0.4 is 0 Å². The molecule has 0 saturated heterocycles. The molecule has 0 aliphatic heterocycles. The Kier molecular flexibility index (Phi) is 5.56. The lowest BCUT2D eigenvalue weighted by Gasteiger charge is -2.13. The Labute approximate surface area is 109 Å². The molecule has 0 saturated carbocycles. The average Bonchev–Trinajstić information content (AvgIpc) is 2.39. The number of esters is 1. The van der Waals surface area contributed by atoms with Gasteiger partial charge in [-0.3, -0.25) is 9.79 Å². The third-order valence-corrected chi connectivity index (χ3v) is 2.95. The number of carbonyl (C=O) groups excluding carboxylic acids is 1. The first-order chi connectivity index (χ1) is 8.56. The normalized spacial score (nSPS) is 15.0. The van der Waals surface area contributed by atoms with Crippen LogP contribution in [0, 0.1) is 5.92 Å². The van der Waals surface area contributed by atoms with Gasteiger partial charge in [-0.1, -0.05) is 30.3 Å².